The van der Waals surface area contributed by atoms with Gasteiger partial charge in [-0.05, 0) is 82.6 Å². The van der Waals surface area contributed by atoms with Crippen LogP contribution in [0.15, 0.2) is 167 Å². The highest BCUT2D eigenvalue weighted by atomic mass is 16.4. The van der Waals surface area contributed by atoms with Crippen molar-refractivity contribution in [3.63, 3.8) is 0 Å². The van der Waals surface area contributed by atoms with Gasteiger partial charge in [-0.25, -0.2) is 4.98 Å². The molecule has 0 aliphatic carbocycles. The van der Waals surface area contributed by atoms with Gasteiger partial charge in [0.1, 0.15) is 16.7 Å². The van der Waals surface area contributed by atoms with E-state index in [-0.39, 0.29) is 0 Å². The maximum Gasteiger partial charge on any atom is 0.227 e. The molecule has 2 aromatic heterocycles. The van der Waals surface area contributed by atoms with Crippen molar-refractivity contribution < 1.29 is 8.83 Å². The Balaban J connectivity index is 1.16. The van der Waals surface area contributed by atoms with Crippen molar-refractivity contribution in [1.82, 2.24) is 4.98 Å². The van der Waals surface area contributed by atoms with Gasteiger partial charge >= 0.3 is 0 Å². The summed E-state index contributed by atoms with van der Waals surface area (Å²) in [5, 5.41) is 4.51. The molecule has 0 amide bonds. The Morgan fingerprint density at radius 1 is 0.422 bits per heavy atom. The summed E-state index contributed by atoms with van der Waals surface area (Å²) in [6.07, 6.45) is 0. The Bertz CT molecular complexity index is 2470. The van der Waals surface area contributed by atoms with Crippen molar-refractivity contribution in [2.75, 3.05) is 4.90 Å². The smallest absolute Gasteiger partial charge is 0.227 e. The molecule has 0 aliphatic rings. The van der Waals surface area contributed by atoms with Crippen LogP contribution in [0.4, 0.5) is 17.1 Å². The zero-order valence-electron chi connectivity index (χ0n) is 24.2. The number of hydrogen-bond acceptors (Lipinski definition) is 4. The second kappa shape index (κ2) is 10.2. The molecule has 7 aromatic carbocycles. The molecule has 2 heterocycles. The molecule has 0 fully saturated rings. The topological polar surface area (TPSA) is 42.4 Å². The van der Waals surface area contributed by atoms with E-state index >= 15 is 0 Å². The maximum atomic E-state index is 6.32. The van der Waals surface area contributed by atoms with Gasteiger partial charge < -0.3 is 13.7 Å². The molecule has 0 N–H and O–H groups in total. The third-order valence-electron chi connectivity index (χ3n) is 8.48. The van der Waals surface area contributed by atoms with Crippen LogP contribution in [-0.2, 0) is 0 Å². The molecular weight excluding hydrogens is 552 g/mol. The quantitative estimate of drug-likeness (QED) is 0.204. The summed E-state index contributed by atoms with van der Waals surface area (Å²) in [5.41, 5.74) is 9.67. The number of furan rings is 1. The van der Waals surface area contributed by atoms with Gasteiger partial charge in [-0.15, -0.1) is 0 Å². The van der Waals surface area contributed by atoms with Gasteiger partial charge in [0.25, 0.3) is 0 Å². The van der Waals surface area contributed by atoms with E-state index in [1.807, 2.05) is 48.5 Å². The number of rotatable bonds is 5. The predicted molar refractivity (Wildman–Crippen MR) is 184 cm³/mol. The lowest BCUT2D eigenvalue weighted by Crippen LogP contribution is -2.09. The van der Waals surface area contributed by atoms with Crippen LogP contribution in [0, 0.1) is 0 Å². The lowest BCUT2D eigenvalue weighted by molar-refractivity contribution is 0.620. The molecule has 45 heavy (non-hydrogen) atoms. The standard InChI is InChI=1S/C41H26N2O2/c1-3-11-29(12-4-1)41-42-37-26-39-36(25-40(37)45-41)35-24-32(22-23-38(35)44-39)43(30-14-5-2-6-15-30)31-20-18-28(19-21-31)34-17-9-13-27-10-7-8-16-33(27)34/h1-26H. The van der Waals surface area contributed by atoms with E-state index in [1.165, 1.54) is 21.9 Å². The first-order chi connectivity index (χ1) is 22.3. The SMILES string of the molecule is c1ccc(-c2nc3cc4oc5ccc(N(c6ccccc6)c6ccc(-c7cccc8ccccc78)cc6)cc5c4cc3o2)cc1. The van der Waals surface area contributed by atoms with Crippen LogP contribution in [0.5, 0.6) is 0 Å². The van der Waals surface area contributed by atoms with E-state index in [4.69, 9.17) is 13.8 Å². The largest absolute Gasteiger partial charge is 0.456 e. The average molecular weight is 579 g/mol. The number of anilines is 3. The van der Waals surface area contributed by atoms with Crippen LogP contribution in [0.3, 0.4) is 0 Å². The zero-order chi connectivity index (χ0) is 29.7. The first kappa shape index (κ1) is 25.4. The van der Waals surface area contributed by atoms with Gasteiger partial charge in [-0.1, -0.05) is 91.0 Å². The second-order valence-electron chi connectivity index (χ2n) is 11.2. The molecule has 0 spiro atoms. The molecule has 0 saturated heterocycles. The molecule has 0 atom stereocenters. The first-order valence-corrected chi connectivity index (χ1v) is 15.0. The Hall–Kier alpha value is -6.13. The fourth-order valence-electron chi connectivity index (χ4n) is 6.32. The first-order valence-electron chi connectivity index (χ1n) is 15.0. The third kappa shape index (κ3) is 4.35. The lowest BCUT2D eigenvalue weighted by Gasteiger charge is -2.25. The van der Waals surface area contributed by atoms with E-state index in [1.54, 1.807) is 0 Å². The molecule has 0 unspecified atom stereocenters. The van der Waals surface area contributed by atoms with E-state index in [0.717, 1.165) is 55.7 Å². The van der Waals surface area contributed by atoms with Crippen LogP contribution in [0.2, 0.25) is 0 Å². The number of fused-ring (bicyclic) bond motifs is 5. The summed E-state index contributed by atoms with van der Waals surface area (Å²) in [6.45, 7) is 0. The van der Waals surface area contributed by atoms with Crippen molar-refractivity contribution in [2.24, 2.45) is 0 Å². The van der Waals surface area contributed by atoms with Gasteiger partial charge in [0.15, 0.2) is 5.58 Å². The summed E-state index contributed by atoms with van der Waals surface area (Å²) in [7, 11) is 0. The van der Waals surface area contributed by atoms with Crippen LogP contribution < -0.4 is 4.90 Å². The molecule has 4 nitrogen and oxygen atoms in total. The Labute approximate surface area is 259 Å². The van der Waals surface area contributed by atoms with Crippen molar-refractivity contribution in [1.29, 1.82) is 0 Å². The Morgan fingerprint density at radius 3 is 1.96 bits per heavy atom. The minimum atomic E-state index is 0.602. The van der Waals surface area contributed by atoms with Crippen molar-refractivity contribution in [3.05, 3.63) is 158 Å². The molecule has 0 saturated carbocycles. The van der Waals surface area contributed by atoms with Gasteiger partial charge in [0.05, 0.1) is 0 Å². The van der Waals surface area contributed by atoms with E-state index in [2.05, 4.69) is 114 Å². The number of para-hydroxylation sites is 1. The second-order valence-corrected chi connectivity index (χ2v) is 11.2. The summed E-state index contributed by atoms with van der Waals surface area (Å²) in [5.74, 6) is 0.602. The summed E-state index contributed by atoms with van der Waals surface area (Å²) in [4.78, 5) is 7.02. The minimum absolute atomic E-state index is 0.602. The van der Waals surface area contributed by atoms with Crippen LogP contribution in [-0.4, -0.2) is 4.98 Å². The number of hydrogen-bond donors (Lipinski definition) is 0. The normalized spacial score (nSPS) is 11.6. The van der Waals surface area contributed by atoms with Gasteiger partial charge in [-0.3, -0.25) is 0 Å². The average Bonchev–Trinajstić information content (AvgIpc) is 3.69. The summed E-state index contributed by atoms with van der Waals surface area (Å²) >= 11 is 0. The molecule has 4 heteroatoms. The van der Waals surface area contributed by atoms with Crippen LogP contribution in [0.1, 0.15) is 0 Å². The Morgan fingerprint density at radius 2 is 1.11 bits per heavy atom. The zero-order valence-corrected chi connectivity index (χ0v) is 24.2. The number of benzene rings is 7. The molecule has 9 aromatic rings. The van der Waals surface area contributed by atoms with Gasteiger partial charge in [0.2, 0.25) is 5.89 Å². The molecule has 0 aliphatic heterocycles. The third-order valence-corrected chi connectivity index (χ3v) is 8.48. The maximum absolute atomic E-state index is 6.32. The highest BCUT2D eigenvalue weighted by Gasteiger charge is 2.18. The highest BCUT2D eigenvalue weighted by molar-refractivity contribution is 6.10. The van der Waals surface area contributed by atoms with Gasteiger partial charge in [-0.2, -0.15) is 0 Å². The number of oxazole rings is 1. The van der Waals surface area contributed by atoms with Crippen molar-refractivity contribution in [2.45, 2.75) is 0 Å². The van der Waals surface area contributed by atoms with Crippen molar-refractivity contribution >= 4 is 60.9 Å². The minimum Gasteiger partial charge on any atom is -0.456 e. The van der Waals surface area contributed by atoms with E-state index < -0.39 is 0 Å². The lowest BCUT2D eigenvalue weighted by atomic mass is 9.98. The van der Waals surface area contributed by atoms with Gasteiger partial charge in [0, 0.05) is 39.5 Å². The van der Waals surface area contributed by atoms with E-state index in [0.29, 0.717) is 5.89 Å². The Kier molecular flexibility index (Phi) is 5.78. The molecule has 9 rings (SSSR count). The summed E-state index contributed by atoms with van der Waals surface area (Å²) < 4.78 is 12.5. The predicted octanol–water partition coefficient (Wildman–Crippen LogP) is 11.7. The molecule has 0 bridgehead atoms. The molecular formula is C41H26N2O2. The summed E-state index contributed by atoms with van der Waals surface area (Å²) in [6, 6.07) is 54.7. The molecule has 0 radical (unpaired) electrons. The van der Waals surface area contributed by atoms with Crippen LogP contribution >= 0.6 is 0 Å². The number of nitrogens with zero attached hydrogens (tertiary/aromatic N) is 2. The monoisotopic (exact) mass is 578 g/mol. The highest BCUT2D eigenvalue weighted by Crippen LogP contribution is 2.40. The van der Waals surface area contributed by atoms with Crippen LogP contribution in [0.25, 0.3) is 66.4 Å². The van der Waals surface area contributed by atoms with E-state index in [9.17, 15) is 0 Å². The van der Waals surface area contributed by atoms with Crippen molar-refractivity contribution in [3.8, 4) is 22.6 Å². The molecule has 212 valence electrons. The fourth-order valence-corrected chi connectivity index (χ4v) is 6.32. The fraction of sp³-hybridized carbons (Fsp3) is 0. The number of aromatic nitrogens is 1.